The molecule has 1 heterocycles. The number of piperidine rings is 1. The van der Waals surface area contributed by atoms with Crippen molar-refractivity contribution in [2.75, 3.05) is 33.3 Å². The lowest BCUT2D eigenvalue weighted by Gasteiger charge is -2.35. The molecule has 0 aromatic heterocycles. The Morgan fingerprint density at radius 2 is 2.00 bits per heavy atom. The van der Waals surface area contributed by atoms with Gasteiger partial charge in [0.2, 0.25) is 0 Å². The largest absolute Gasteiger partial charge is 0.396 e. The molecule has 3 nitrogen and oxygen atoms in total. The Kier molecular flexibility index (Phi) is 6.15. The van der Waals surface area contributed by atoms with Crippen LogP contribution in [-0.2, 0) is 0 Å². The zero-order valence-corrected chi connectivity index (χ0v) is 13.1. The molecule has 0 amide bonds. The first-order valence-electron chi connectivity index (χ1n) is 7.90. The van der Waals surface area contributed by atoms with Crippen LogP contribution >= 0.6 is 0 Å². The molecule has 0 spiro atoms. The van der Waals surface area contributed by atoms with Crippen LogP contribution in [0.4, 0.5) is 4.39 Å². The smallest absolute Gasteiger partial charge is 0.127 e. The Morgan fingerprint density at radius 1 is 1.33 bits per heavy atom. The minimum Gasteiger partial charge on any atom is -0.396 e. The van der Waals surface area contributed by atoms with Gasteiger partial charge in [-0.25, -0.2) is 4.39 Å². The summed E-state index contributed by atoms with van der Waals surface area (Å²) in [4.78, 5) is 2.43. The van der Waals surface area contributed by atoms with E-state index in [4.69, 9.17) is 0 Å². The van der Waals surface area contributed by atoms with Crippen molar-refractivity contribution in [1.29, 1.82) is 0 Å². The van der Waals surface area contributed by atoms with E-state index in [0.29, 0.717) is 18.4 Å². The first-order chi connectivity index (χ1) is 10.2. The maximum Gasteiger partial charge on any atom is 0.127 e. The van der Waals surface area contributed by atoms with Crippen LogP contribution in [0.3, 0.4) is 0 Å². The maximum atomic E-state index is 14.0. The SMILES string of the molecule is CNC(c1ccccc1F)C(C)CN1CCC(CO)CC1. The van der Waals surface area contributed by atoms with Gasteiger partial charge in [0.15, 0.2) is 0 Å². The van der Waals surface area contributed by atoms with Gasteiger partial charge < -0.3 is 15.3 Å². The van der Waals surface area contributed by atoms with Gasteiger partial charge in [-0.2, -0.15) is 0 Å². The number of aliphatic hydroxyl groups excluding tert-OH is 1. The first kappa shape index (κ1) is 16.4. The van der Waals surface area contributed by atoms with Gasteiger partial charge in [-0.15, -0.1) is 0 Å². The number of likely N-dealkylation sites (tertiary alicyclic amines) is 1. The van der Waals surface area contributed by atoms with Crippen molar-refractivity contribution in [3.05, 3.63) is 35.6 Å². The van der Waals surface area contributed by atoms with Gasteiger partial charge in [0, 0.05) is 24.8 Å². The number of benzene rings is 1. The molecule has 118 valence electrons. The molecule has 1 fully saturated rings. The van der Waals surface area contributed by atoms with Crippen LogP contribution in [0, 0.1) is 17.7 Å². The first-order valence-corrected chi connectivity index (χ1v) is 7.90. The van der Waals surface area contributed by atoms with Crippen LogP contribution in [0.15, 0.2) is 24.3 Å². The van der Waals surface area contributed by atoms with E-state index in [-0.39, 0.29) is 11.9 Å². The fourth-order valence-electron chi connectivity index (χ4n) is 3.34. The van der Waals surface area contributed by atoms with Gasteiger partial charge in [-0.05, 0) is 50.9 Å². The van der Waals surface area contributed by atoms with Gasteiger partial charge in [0.25, 0.3) is 0 Å². The third-order valence-corrected chi connectivity index (χ3v) is 4.63. The lowest BCUT2D eigenvalue weighted by Crippen LogP contribution is -2.40. The standard InChI is InChI=1S/C17H27FN2O/c1-13(11-20-9-7-14(12-21)8-10-20)17(19-2)15-5-3-4-6-16(15)18/h3-6,13-14,17,19,21H,7-12H2,1-2H3. The molecule has 0 aliphatic carbocycles. The fourth-order valence-corrected chi connectivity index (χ4v) is 3.34. The number of halogens is 1. The Morgan fingerprint density at radius 3 is 2.57 bits per heavy atom. The van der Waals surface area contributed by atoms with Gasteiger partial charge in [0.1, 0.15) is 5.82 Å². The van der Waals surface area contributed by atoms with Crippen molar-refractivity contribution >= 4 is 0 Å². The minimum atomic E-state index is -0.136. The topological polar surface area (TPSA) is 35.5 Å². The number of aliphatic hydroxyl groups is 1. The highest BCUT2D eigenvalue weighted by atomic mass is 19.1. The third kappa shape index (κ3) is 4.25. The fraction of sp³-hybridized carbons (Fsp3) is 0.647. The molecular formula is C17H27FN2O. The Hall–Kier alpha value is -0.970. The summed E-state index contributed by atoms with van der Waals surface area (Å²) in [5.74, 6) is 0.656. The second-order valence-corrected chi connectivity index (χ2v) is 6.19. The summed E-state index contributed by atoms with van der Waals surface area (Å²) in [6, 6.07) is 7.05. The number of rotatable bonds is 6. The lowest BCUT2D eigenvalue weighted by molar-refractivity contribution is 0.115. The molecule has 0 bridgehead atoms. The van der Waals surface area contributed by atoms with Gasteiger partial charge >= 0.3 is 0 Å². The summed E-state index contributed by atoms with van der Waals surface area (Å²) in [6.07, 6.45) is 2.13. The summed E-state index contributed by atoms with van der Waals surface area (Å²) < 4.78 is 14.0. The molecule has 1 aliphatic rings. The average Bonchev–Trinajstić information content (AvgIpc) is 2.50. The highest BCUT2D eigenvalue weighted by Gasteiger charge is 2.25. The van der Waals surface area contributed by atoms with Crippen LogP contribution < -0.4 is 5.32 Å². The van der Waals surface area contributed by atoms with Crippen LogP contribution in [0.5, 0.6) is 0 Å². The molecule has 2 N–H and O–H groups in total. The highest BCUT2D eigenvalue weighted by Crippen LogP contribution is 2.26. The minimum absolute atomic E-state index is 0.0294. The van der Waals surface area contributed by atoms with Crippen molar-refractivity contribution in [2.45, 2.75) is 25.8 Å². The van der Waals surface area contributed by atoms with Crippen molar-refractivity contribution in [3.63, 3.8) is 0 Å². The van der Waals surface area contributed by atoms with Crippen molar-refractivity contribution in [3.8, 4) is 0 Å². The molecule has 1 saturated heterocycles. The zero-order valence-electron chi connectivity index (χ0n) is 13.1. The van der Waals surface area contributed by atoms with E-state index in [1.54, 1.807) is 6.07 Å². The Balaban J connectivity index is 1.95. The number of nitrogens with one attached hydrogen (secondary N) is 1. The Labute approximate surface area is 127 Å². The summed E-state index contributed by atoms with van der Waals surface area (Å²) >= 11 is 0. The van der Waals surface area contributed by atoms with Crippen LogP contribution in [0.1, 0.15) is 31.4 Å². The number of hydrogen-bond acceptors (Lipinski definition) is 3. The lowest BCUT2D eigenvalue weighted by atomic mass is 9.92. The molecular weight excluding hydrogens is 267 g/mol. The number of hydrogen-bond donors (Lipinski definition) is 2. The quantitative estimate of drug-likeness (QED) is 0.846. The predicted octanol–water partition coefficient (Wildman–Crippen LogP) is 2.43. The van der Waals surface area contributed by atoms with Crippen molar-refractivity contribution < 1.29 is 9.50 Å². The van der Waals surface area contributed by atoms with Crippen LogP contribution in [-0.4, -0.2) is 43.3 Å². The molecule has 1 aliphatic heterocycles. The molecule has 1 aromatic rings. The van der Waals surface area contributed by atoms with Crippen LogP contribution in [0.25, 0.3) is 0 Å². The second kappa shape index (κ2) is 7.87. The monoisotopic (exact) mass is 294 g/mol. The Bertz CT molecular complexity index is 433. The van der Waals surface area contributed by atoms with Crippen molar-refractivity contribution in [2.24, 2.45) is 11.8 Å². The third-order valence-electron chi connectivity index (χ3n) is 4.63. The van der Waals surface area contributed by atoms with E-state index in [9.17, 15) is 9.50 Å². The molecule has 2 unspecified atom stereocenters. The summed E-state index contributed by atoms with van der Waals surface area (Å²) in [5.41, 5.74) is 0.748. The summed E-state index contributed by atoms with van der Waals surface area (Å²) in [5, 5.41) is 12.5. The average molecular weight is 294 g/mol. The zero-order chi connectivity index (χ0) is 15.2. The van der Waals surface area contributed by atoms with Gasteiger partial charge in [-0.3, -0.25) is 0 Å². The van der Waals surface area contributed by atoms with Crippen LogP contribution in [0.2, 0.25) is 0 Å². The molecule has 21 heavy (non-hydrogen) atoms. The van der Waals surface area contributed by atoms with Crippen molar-refractivity contribution in [1.82, 2.24) is 10.2 Å². The molecule has 0 saturated carbocycles. The molecule has 1 aromatic carbocycles. The molecule has 4 heteroatoms. The van der Waals surface area contributed by atoms with E-state index in [2.05, 4.69) is 17.1 Å². The van der Waals surface area contributed by atoms with E-state index in [1.807, 2.05) is 19.2 Å². The van der Waals surface area contributed by atoms with E-state index < -0.39 is 0 Å². The normalized spacial score (nSPS) is 20.4. The summed E-state index contributed by atoms with van der Waals surface area (Å²) in [6.45, 7) is 5.49. The predicted molar refractivity (Wildman–Crippen MR) is 83.6 cm³/mol. The van der Waals surface area contributed by atoms with Gasteiger partial charge in [-0.1, -0.05) is 25.1 Å². The summed E-state index contributed by atoms with van der Waals surface area (Å²) in [7, 11) is 1.89. The number of nitrogens with zero attached hydrogens (tertiary/aromatic N) is 1. The molecule has 2 rings (SSSR count). The maximum absolute atomic E-state index is 14.0. The van der Waals surface area contributed by atoms with E-state index in [0.717, 1.165) is 38.0 Å². The van der Waals surface area contributed by atoms with E-state index >= 15 is 0 Å². The molecule has 0 radical (unpaired) electrons. The van der Waals surface area contributed by atoms with E-state index in [1.165, 1.54) is 6.07 Å². The van der Waals surface area contributed by atoms with Gasteiger partial charge in [0.05, 0.1) is 0 Å². The highest BCUT2D eigenvalue weighted by molar-refractivity contribution is 5.21. The second-order valence-electron chi connectivity index (χ2n) is 6.19. The molecule has 2 atom stereocenters.